The zero-order chi connectivity index (χ0) is 13.8. The molecule has 0 saturated heterocycles. The van der Waals surface area contributed by atoms with Crippen LogP contribution in [-0.2, 0) is 0 Å². The number of anilines is 1. The van der Waals surface area contributed by atoms with Gasteiger partial charge in [-0.2, -0.15) is 5.26 Å². The number of nitrogens with zero attached hydrogens (tertiary/aromatic N) is 4. The summed E-state index contributed by atoms with van der Waals surface area (Å²) in [7, 11) is 0. The van der Waals surface area contributed by atoms with Crippen LogP contribution in [0.1, 0.15) is 30.8 Å². The summed E-state index contributed by atoms with van der Waals surface area (Å²) in [5.41, 5.74) is 0.565. The summed E-state index contributed by atoms with van der Waals surface area (Å²) in [6.45, 7) is 5.60. The SMILES string of the molecule is CC(C)CN(CCC#N)c1nc2sccn2c1C=O. The Bertz CT molecular complexity index is 608. The molecule has 0 aliphatic carbocycles. The maximum atomic E-state index is 11.3. The molecule has 0 aliphatic heterocycles. The first-order valence-electron chi connectivity index (χ1n) is 6.20. The lowest BCUT2D eigenvalue weighted by molar-refractivity contribution is 0.111. The topological polar surface area (TPSA) is 61.4 Å². The van der Waals surface area contributed by atoms with Crippen LogP contribution in [0.4, 0.5) is 5.82 Å². The van der Waals surface area contributed by atoms with Gasteiger partial charge in [0.25, 0.3) is 0 Å². The fraction of sp³-hybridized carbons (Fsp3) is 0.462. The van der Waals surface area contributed by atoms with Crippen molar-refractivity contribution in [3.8, 4) is 6.07 Å². The fourth-order valence-corrected chi connectivity index (χ4v) is 2.76. The zero-order valence-corrected chi connectivity index (χ0v) is 11.9. The van der Waals surface area contributed by atoms with Gasteiger partial charge in [0.2, 0.25) is 0 Å². The van der Waals surface area contributed by atoms with E-state index in [0.29, 0.717) is 30.4 Å². The molecule has 2 rings (SSSR count). The second kappa shape index (κ2) is 5.85. The monoisotopic (exact) mass is 276 g/mol. The highest BCUT2D eigenvalue weighted by molar-refractivity contribution is 7.15. The third-order valence-corrected chi connectivity index (χ3v) is 3.53. The molecule has 0 radical (unpaired) electrons. The number of aromatic nitrogens is 2. The van der Waals surface area contributed by atoms with Crippen molar-refractivity contribution >= 4 is 28.4 Å². The Morgan fingerprint density at radius 2 is 2.42 bits per heavy atom. The van der Waals surface area contributed by atoms with Crippen molar-refractivity contribution in [1.29, 1.82) is 5.26 Å². The van der Waals surface area contributed by atoms with Crippen molar-refractivity contribution in [2.45, 2.75) is 20.3 Å². The molecular formula is C13H16N4OS. The van der Waals surface area contributed by atoms with Crippen LogP contribution >= 0.6 is 11.3 Å². The highest BCUT2D eigenvalue weighted by atomic mass is 32.1. The molecule has 0 spiro atoms. The summed E-state index contributed by atoms with van der Waals surface area (Å²) in [6.07, 6.45) is 3.11. The summed E-state index contributed by atoms with van der Waals surface area (Å²) in [5, 5.41) is 10.7. The smallest absolute Gasteiger partial charge is 0.196 e. The summed E-state index contributed by atoms with van der Waals surface area (Å²) >= 11 is 1.50. The van der Waals surface area contributed by atoms with Crippen LogP contribution in [-0.4, -0.2) is 28.8 Å². The minimum Gasteiger partial charge on any atom is -0.353 e. The summed E-state index contributed by atoms with van der Waals surface area (Å²) in [4.78, 5) is 18.7. The lowest BCUT2D eigenvalue weighted by Crippen LogP contribution is -2.29. The number of fused-ring (bicyclic) bond motifs is 1. The average molecular weight is 276 g/mol. The van der Waals surface area contributed by atoms with Crippen LogP contribution in [0.25, 0.3) is 4.96 Å². The minimum atomic E-state index is 0.427. The molecule has 0 unspecified atom stereocenters. The highest BCUT2D eigenvalue weighted by Crippen LogP contribution is 2.24. The molecule has 100 valence electrons. The maximum Gasteiger partial charge on any atom is 0.196 e. The third-order valence-electron chi connectivity index (χ3n) is 2.77. The Hall–Kier alpha value is -1.87. The van der Waals surface area contributed by atoms with Gasteiger partial charge in [-0.15, -0.1) is 11.3 Å². The molecule has 2 heterocycles. The van der Waals surface area contributed by atoms with E-state index in [1.165, 1.54) is 11.3 Å². The van der Waals surface area contributed by atoms with Gasteiger partial charge in [0, 0.05) is 24.7 Å². The summed E-state index contributed by atoms with van der Waals surface area (Å²) < 4.78 is 1.80. The summed E-state index contributed by atoms with van der Waals surface area (Å²) in [6, 6.07) is 2.14. The van der Waals surface area contributed by atoms with Gasteiger partial charge in [0.1, 0.15) is 5.69 Å². The van der Waals surface area contributed by atoms with Crippen molar-refractivity contribution in [3.63, 3.8) is 0 Å². The van der Waals surface area contributed by atoms with Gasteiger partial charge >= 0.3 is 0 Å². The largest absolute Gasteiger partial charge is 0.353 e. The molecule has 6 heteroatoms. The molecule has 2 aromatic rings. The van der Waals surface area contributed by atoms with Crippen LogP contribution in [0.15, 0.2) is 11.6 Å². The van der Waals surface area contributed by atoms with Crippen molar-refractivity contribution < 1.29 is 4.79 Å². The molecule has 0 bridgehead atoms. The first kappa shape index (κ1) is 13.6. The van der Waals surface area contributed by atoms with E-state index in [-0.39, 0.29) is 0 Å². The van der Waals surface area contributed by atoms with Gasteiger partial charge in [0.15, 0.2) is 17.1 Å². The Balaban J connectivity index is 2.39. The van der Waals surface area contributed by atoms with E-state index in [1.54, 1.807) is 4.40 Å². The molecule has 0 aliphatic rings. The van der Waals surface area contributed by atoms with Gasteiger partial charge in [-0.25, -0.2) is 4.98 Å². The highest BCUT2D eigenvalue weighted by Gasteiger charge is 2.19. The number of carbonyl (C=O) groups is 1. The molecule has 0 amide bonds. The minimum absolute atomic E-state index is 0.427. The molecule has 5 nitrogen and oxygen atoms in total. The molecule has 0 aromatic carbocycles. The van der Waals surface area contributed by atoms with E-state index >= 15 is 0 Å². The normalized spacial score (nSPS) is 10.8. The van der Waals surface area contributed by atoms with Crippen molar-refractivity contribution in [1.82, 2.24) is 9.38 Å². The Labute approximate surface area is 116 Å². The Morgan fingerprint density at radius 1 is 1.63 bits per heavy atom. The first-order valence-corrected chi connectivity index (χ1v) is 7.08. The quantitative estimate of drug-likeness (QED) is 0.761. The Kier molecular flexibility index (Phi) is 4.17. The average Bonchev–Trinajstić information content (AvgIpc) is 2.93. The number of rotatable bonds is 6. The number of hydrogen-bond acceptors (Lipinski definition) is 5. The maximum absolute atomic E-state index is 11.3. The lowest BCUT2D eigenvalue weighted by atomic mass is 10.2. The van der Waals surface area contributed by atoms with Crippen molar-refractivity contribution in [3.05, 3.63) is 17.3 Å². The van der Waals surface area contributed by atoms with Crippen molar-refractivity contribution in [2.75, 3.05) is 18.0 Å². The fourth-order valence-electron chi connectivity index (χ4n) is 2.04. The van der Waals surface area contributed by atoms with Crippen LogP contribution in [0.5, 0.6) is 0 Å². The first-order chi connectivity index (χ1) is 9.17. The van der Waals surface area contributed by atoms with E-state index in [9.17, 15) is 4.79 Å². The number of hydrogen-bond donors (Lipinski definition) is 0. The number of imidazole rings is 1. The van der Waals surface area contributed by atoms with Crippen LogP contribution in [0.3, 0.4) is 0 Å². The molecule has 0 atom stereocenters. The molecule has 0 saturated carbocycles. The van der Waals surface area contributed by atoms with E-state index < -0.39 is 0 Å². The predicted molar refractivity (Wildman–Crippen MR) is 75.7 cm³/mol. The second-order valence-corrected chi connectivity index (χ2v) is 5.62. The molecule has 0 fully saturated rings. The molecule has 2 aromatic heterocycles. The lowest BCUT2D eigenvalue weighted by Gasteiger charge is -2.23. The van der Waals surface area contributed by atoms with Crippen LogP contribution < -0.4 is 4.90 Å². The second-order valence-electron chi connectivity index (χ2n) is 4.74. The van der Waals surface area contributed by atoms with Gasteiger partial charge in [-0.05, 0) is 5.92 Å². The summed E-state index contributed by atoms with van der Waals surface area (Å²) in [5.74, 6) is 1.13. The number of carbonyl (C=O) groups excluding carboxylic acids is 1. The number of aldehydes is 1. The third kappa shape index (κ3) is 2.76. The van der Waals surface area contributed by atoms with Gasteiger partial charge in [-0.1, -0.05) is 13.8 Å². The molecule has 19 heavy (non-hydrogen) atoms. The standard InChI is InChI=1S/C13H16N4OS/c1-10(2)8-16(5-3-4-14)12-11(9-18)17-6-7-19-13(17)15-12/h6-7,9-10H,3,5,8H2,1-2H3. The van der Waals surface area contributed by atoms with Crippen LogP contribution in [0, 0.1) is 17.2 Å². The van der Waals surface area contributed by atoms with E-state index in [2.05, 4.69) is 24.9 Å². The van der Waals surface area contributed by atoms with Gasteiger partial charge in [0.05, 0.1) is 12.5 Å². The van der Waals surface area contributed by atoms with Gasteiger partial charge < -0.3 is 4.90 Å². The van der Waals surface area contributed by atoms with Crippen molar-refractivity contribution in [2.24, 2.45) is 5.92 Å². The van der Waals surface area contributed by atoms with E-state index in [0.717, 1.165) is 17.8 Å². The number of thiazole rings is 1. The van der Waals surface area contributed by atoms with Crippen LogP contribution in [0.2, 0.25) is 0 Å². The van der Waals surface area contributed by atoms with E-state index in [4.69, 9.17) is 5.26 Å². The van der Waals surface area contributed by atoms with E-state index in [1.807, 2.05) is 16.5 Å². The number of nitriles is 1. The Morgan fingerprint density at radius 3 is 3.05 bits per heavy atom. The molecule has 0 N–H and O–H groups in total. The molecular weight excluding hydrogens is 260 g/mol. The predicted octanol–water partition coefficient (Wildman–Crippen LogP) is 2.58. The van der Waals surface area contributed by atoms with Gasteiger partial charge in [-0.3, -0.25) is 9.20 Å². The zero-order valence-electron chi connectivity index (χ0n) is 11.0.